The Labute approximate surface area is 68.6 Å². The van der Waals surface area contributed by atoms with Crippen molar-refractivity contribution in [3.8, 4) is 0 Å². The van der Waals surface area contributed by atoms with Crippen LogP contribution < -0.4 is 0 Å². The van der Waals surface area contributed by atoms with Crippen LogP contribution in [0.1, 0.15) is 0 Å². The highest BCUT2D eigenvalue weighted by Gasteiger charge is 2.41. The second-order valence-corrected chi connectivity index (χ2v) is 2.76. The first-order chi connectivity index (χ1) is 5.54. The van der Waals surface area contributed by atoms with E-state index in [9.17, 15) is 0 Å². The minimum absolute atomic E-state index is 0.115. The van der Waals surface area contributed by atoms with Gasteiger partial charge in [0.05, 0.1) is 6.61 Å². The predicted octanol–water partition coefficient (Wildman–Crippen LogP) is -3.22. The lowest BCUT2D eigenvalue weighted by atomic mass is 10.1. The molecule has 4 atom stereocenters. The second-order valence-electron chi connectivity index (χ2n) is 2.76. The number of rotatable bonds is 2. The SMILES string of the molecule is OC(O)C(O)C1OCC(O)[C@@H]1O. The third-order valence-corrected chi connectivity index (χ3v) is 1.83. The lowest BCUT2D eigenvalue weighted by molar-refractivity contribution is -0.173. The van der Waals surface area contributed by atoms with E-state index in [0.29, 0.717) is 0 Å². The summed E-state index contributed by atoms with van der Waals surface area (Å²) in [7, 11) is 0. The molecule has 0 radical (unpaired) electrons. The first kappa shape index (κ1) is 9.85. The number of ether oxygens (including phenoxy) is 1. The summed E-state index contributed by atoms with van der Waals surface area (Å²) in [6, 6.07) is 0. The molecule has 0 spiro atoms. The Morgan fingerprint density at radius 3 is 2.08 bits per heavy atom. The van der Waals surface area contributed by atoms with Crippen LogP contribution in [0, 0.1) is 0 Å². The van der Waals surface area contributed by atoms with Gasteiger partial charge in [0.2, 0.25) is 0 Å². The van der Waals surface area contributed by atoms with Crippen LogP contribution in [-0.4, -0.2) is 62.8 Å². The van der Waals surface area contributed by atoms with E-state index >= 15 is 0 Å². The molecule has 0 amide bonds. The highest BCUT2D eigenvalue weighted by Crippen LogP contribution is 2.18. The molecule has 0 aromatic heterocycles. The molecule has 72 valence electrons. The topological polar surface area (TPSA) is 110 Å². The van der Waals surface area contributed by atoms with Gasteiger partial charge < -0.3 is 30.3 Å². The summed E-state index contributed by atoms with van der Waals surface area (Å²) in [6.45, 7) is -0.115. The quantitative estimate of drug-likeness (QED) is 0.286. The molecule has 0 aliphatic carbocycles. The van der Waals surface area contributed by atoms with E-state index in [1.54, 1.807) is 0 Å². The number of hydrogen-bond acceptors (Lipinski definition) is 6. The van der Waals surface area contributed by atoms with Gasteiger partial charge in [0.25, 0.3) is 0 Å². The fraction of sp³-hybridized carbons (Fsp3) is 1.00. The third kappa shape index (κ3) is 1.74. The van der Waals surface area contributed by atoms with Crippen molar-refractivity contribution in [1.29, 1.82) is 0 Å². The predicted molar refractivity (Wildman–Crippen MR) is 36.0 cm³/mol. The largest absolute Gasteiger partial charge is 0.388 e. The molecule has 1 aliphatic rings. The van der Waals surface area contributed by atoms with E-state index in [4.69, 9.17) is 30.3 Å². The maximum Gasteiger partial charge on any atom is 0.180 e. The van der Waals surface area contributed by atoms with E-state index < -0.39 is 30.7 Å². The van der Waals surface area contributed by atoms with Crippen LogP contribution in [0.2, 0.25) is 0 Å². The van der Waals surface area contributed by atoms with Crippen LogP contribution in [0.15, 0.2) is 0 Å². The molecule has 1 rings (SSSR count). The van der Waals surface area contributed by atoms with Crippen LogP contribution in [0.5, 0.6) is 0 Å². The Hall–Kier alpha value is -0.240. The highest BCUT2D eigenvalue weighted by atomic mass is 16.6. The van der Waals surface area contributed by atoms with Crippen LogP contribution in [0.25, 0.3) is 0 Å². The first-order valence-electron chi connectivity index (χ1n) is 3.56. The maximum absolute atomic E-state index is 9.12. The summed E-state index contributed by atoms with van der Waals surface area (Å²) in [6.07, 6.45) is -7.07. The van der Waals surface area contributed by atoms with Crippen LogP contribution >= 0.6 is 0 Å². The van der Waals surface area contributed by atoms with Crippen molar-refractivity contribution in [3.05, 3.63) is 0 Å². The minimum Gasteiger partial charge on any atom is -0.388 e. The van der Waals surface area contributed by atoms with Crippen LogP contribution in [-0.2, 0) is 4.74 Å². The van der Waals surface area contributed by atoms with Crippen molar-refractivity contribution in [3.63, 3.8) is 0 Å². The fourth-order valence-corrected chi connectivity index (χ4v) is 1.10. The Kier molecular flexibility index (Phi) is 2.99. The van der Waals surface area contributed by atoms with E-state index in [0.717, 1.165) is 0 Å². The van der Waals surface area contributed by atoms with Gasteiger partial charge in [-0.2, -0.15) is 0 Å². The molecule has 1 aliphatic heterocycles. The zero-order valence-electron chi connectivity index (χ0n) is 6.24. The number of hydrogen-bond donors (Lipinski definition) is 5. The molecule has 6 heteroatoms. The average Bonchev–Trinajstić information content (AvgIpc) is 2.32. The molecule has 1 heterocycles. The fourth-order valence-electron chi connectivity index (χ4n) is 1.10. The normalized spacial score (nSPS) is 39.0. The van der Waals surface area contributed by atoms with Gasteiger partial charge in [-0.3, -0.25) is 0 Å². The molecule has 1 saturated heterocycles. The zero-order valence-corrected chi connectivity index (χ0v) is 6.24. The van der Waals surface area contributed by atoms with E-state index in [2.05, 4.69) is 0 Å². The Balaban J connectivity index is 2.53. The first-order valence-corrected chi connectivity index (χ1v) is 3.56. The average molecular weight is 180 g/mol. The summed E-state index contributed by atoms with van der Waals surface area (Å²) < 4.78 is 4.73. The molecule has 0 aromatic rings. The molecule has 3 unspecified atom stereocenters. The van der Waals surface area contributed by atoms with Crippen LogP contribution in [0.3, 0.4) is 0 Å². The van der Waals surface area contributed by atoms with Crippen molar-refractivity contribution in [2.45, 2.75) is 30.7 Å². The smallest absolute Gasteiger partial charge is 0.180 e. The van der Waals surface area contributed by atoms with Crippen molar-refractivity contribution < 1.29 is 30.3 Å². The van der Waals surface area contributed by atoms with Gasteiger partial charge in [0, 0.05) is 0 Å². The minimum atomic E-state index is -1.98. The molecule has 0 saturated carbocycles. The van der Waals surface area contributed by atoms with E-state index in [-0.39, 0.29) is 6.61 Å². The van der Waals surface area contributed by atoms with Gasteiger partial charge in [-0.1, -0.05) is 0 Å². The number of aliphatic hydroxyl groups is 5. The summed E-state index contributed by atoms with van der Waals surface area (Å²) >= 11 is 0. The number of aliphatic hydroxyl groups excluding tert-OH is 4. The highest BCUT2D eigenvalue weighted by molar-refractivity contribution is 4.88. The Morgan fingerprint density at radius 2 is 1.75 bits per heavy atom. The molecule has 0 bridgehead atoms. The van der Waals surface area contributed by atoms with E-state index in [1.165, 1.54) is 0 Å². The maximum atomic E-state index is 9.12. The summed E-state index contributed by atoms with van der Waals surface area (Å²) in [5.74, 6) is 0. The summed E-state index contributed by atoms with van der Waals surface area (Å²) in [4.78, 5) is 0. The van der Waals surface area contributed by atoms with Gasteiger partial charge in [-0.15, -0.1) is 0 Å². The molecule has 0 aromatic carbocycles. The van der Waals surface area contributed by atoms with Gasteiger partial charge in [-0.25, -0.2) is 0 Å². The van der Waals surface area contributed by atoms with Gasteiger partial charge in [0.15, 0.2) is 6.29 Å². The van der Waals surface area contributed by atoms with Gasteiger partial charge in [-0.05, 0) is 0 Å². The van der Waals surface area contributed by atoms with Crippen molar-refractivity contribution in [2.24, 2.45) is 0 Å². The second kappa shape index (κ2) is 3.65. The zero-order chi connectivity index (χ0) is 9.30. The molecule has 5 N–H and O–H groups in total. The molecular weight excluding hydrogens is 168 g/mol. The Morgan fingerprint density at radius 1 is 1.17 bits per heavy atom. The van der Waals surface area contributed by atoms with E-state index in [1.807, 2.05) is 0 Å². The standard InChI is InChI=1S/C6H12O6/c7-2-1-12-5(3(2)8)4(9)6(10)11/h2-11H,1H2/t2?,3-,4?,5?/m0/s1. The molecule has 6 nitrogen and oxygen atoms in total. The molecular formula is C6H12O6. The Bertz CT molecular complexity index is 149. The lowest BCUT2D eigenvalue weighted by Crippen LogP contribution is -2.44. The van der Waals surface area contributed by atoms with Crippen molar-refractivity contribution >= 4 is 0 Å². The van der Waals surface area contributed by atoms with Crippen LogP contribution in [0.4, 0.5) is 0 Å². The monoisotopic (exact) mass is 180 g/mol. The van der Waals surface area contributed by atoms with Gasteiger partial charge >= 0.3 is 0 Å². The van der Waals surface area contributed by atoms with Crippen molar-refractivity contribution in [2.75, 3.05) is 6.61 Å². The third-order valence-electron chi connectivity index (χ3n) is 1.83. The lowest BCUT2D eigenvalue weighted by Gasteiger charge is -2.21. The molecule has 12 heavy (non-hydrogen) atoms. The molecule has 1 fully saturated rings. The summed E-state index contributed by atoms with van der Waals surface area (Å²) in [5, 5.41) is 44.1. The van der Waals surface area contributed by atoms with Gasteiger partial charge in [0.1, 0.15) is 24.4 Å². The van der Waals surface area contributed by atoms with Crippen molar-refractivity contribution in [1.82, 2.24) is 0 Å². The summed E-state index contributed by atoms with van der Waals surface area (Å²) in [5.41, 5.74) is 0.